The molecule has 0 atom stereocenters. The van der Waals surface area contributed by atoms with Gasteiger partial charge in [0, 0.05) is 36.7 Å². The molecule has 1 fully saturated rings. The summed E-state index contributed by atoms with van der Waals surface area (Å²) in [6.45, 7) is 2.45. The van der Waals surface area contributed by atoms with Gasteiger partial charge in [0.25, 0.3) is 0 Å². The lowest BCUT2D eigenvalue weighted by atomic mass is 10.2. The number of nitrogens with zero attached hydrogens (tertiary/aromatic N) is 2. The highest BCUT2D eigenvalue weighted by Crippen LogP contribution is 2.14. The van der Waals surface area contributed by atoms with Gasteiger partial charge in [-0.25, -0.2) is 8.42 Å². The molecule has 6 nitrogen and oxygen atoms in total. The molecule has 1 aromatic carbocycles. The monoisotopic (exact) mass is 329 g/mol. The quantitative estimate of drug-likeness (QED) is 0.355. The zero-order valence-electron chi connectivity index (χ0n) is 11.6. The smallest absolute Gasteiger partial charge is 0.179 e. The topological polar surface area (TPSA) is 96.0 Å². The summed E-state index contributed by atoms with van der Waals surface area (Å²) in [5.41, 5.74) is 5.94. The van der Waals surface area contributed by atoms with Gasteiger partial charge in [-0.05, 0) is 24.3 Å². The molecular formula is C13H19N3O3S2. The van der Waals surface area contributed by atoms with Crippen LogP contribution in [0.25, 0.3) is 0 Å². The second-order valence-electron chi connectivity index (χ2n) is 4.78. The van der Waals surface area contributed by atoms with Gasteiger partial charge in [0.05, 0.1) is 10.6 Å². The number of thioether (sulfide) groups is 1. The van der Waals surface area contributed by atoms with Gasteiger partial charge in [0.2, 0.25) is 0 Å². The van der Waals surface area contributed by atoms with Crippen LogP contribution in [0.15, 0.2) is 34.3 Å². The lowest BCUT2D eigenvalue weighted by molar-refractivity contribution is 0.318. The van der Waals surface area contributed by atoms with Gasteiger partial charge in [-0.1, -0.05) is 5.16 Å². The summed E-state index contributed by atoms with van der Waals surface area (Å²) >= 11 is 1.90. The van der Waals surface area contributed by atoms with Crippen molar-refractivity contribution in [2.75, 3.05) is 36.9 Å². The van der Waals surface area contributed by atoms with Crippen LogP contribution in [-0.2, 0) is 9.84 Å². The highest BCUT2D eigenvalue weighted by molar-refractivity contribution is 7.99. The zero-order valence-corrected chi connectivity index (χ0v) is 13.2. The summed E-state index contributed by atoms with van der Waals surface area (Å²) in [4.78, 5) is 2.45. The fourth-order valence-electron chi connectivity index (χ4n) is 2.08. The predicted molar refractivity (Wildman–Crippen MR) is 84.8 cm³/mol. The largest absolute Gasteiger partial charge is 0.409 e. The van der Waals surface area contributed by atoms with E-state index in [9.17, 15) is 8.42 Å². The molecule has 0 aliphatic carbocycles. The first kappa shape index (κ1) is 16.1. The summed E-state index contributed by atoms with van der Waals surface area (Å²) in [5, 5.41) is 11.5. The van der Waals surface area contributed by atoms with E-state index in [2.05, 4.69) is 10.1 Å². The normalized spacial score (nSPS) is 17.8. The minimum absolute atomic E-state index is 0.0373. The van der Waals surface area contributed by atoms with Crippen LogP contribution < -0.4 is 5.73 Å². The van der Waals surface area contributed by atoms with Gasteiger partial charge in [-0.3, -0.25) is 0 Å². The first-order valence-electron chi connectivity index (χ1n) is 6.64. The maximum Gasteiger partial charge on any atom is 0.179 e. The molecule has 21 heavy (non-hydrogen) atoms. The van der Waals surface area contributed by atoms with Gasteiger partial charge in [-0.15, -0.1) is 0 Å². The SMILES string of the molecule is N/C(=N/O)c1ccc(S(=O)(=O)CCN2CCSCC2)cc1. The number of oxime groups is 1. The van der Waals surface area contributed by atoms with E-state index in [-0.39, 0.29) is 16.5 Å². The molecule has 0 radical (unpaired) electrons. The molecule has 8 heteroatoms. The van der Waals surface area contributed by atoms with E-state index in [0.29, 0.717) is 12.1 Å². The first-order valence-corrected chi connectivity index (χ1v) is 9.44. The van der Waals surface area contributed by atoms with Gasteiger partial charge < -0.3 is 15.8 Å². The Bertz CT molecular complexity index is 594. The van der Waals surface area contributed by atoms with E-state index in [1.807, 2.05) is 11.8 Å². The number of hydrogen-bond donors (Lipinski definition) is 2. The van der Waals surface area contributed by atoms with Crippen LogP contribution in [0.5, 0.6) is 0 Å². The van der Waals surface area contributed by atoms with E-state index in [1.165, 1.54) is 12.1 Å². The summed E-state index contributed by atoms with van der Waals surface area (Å²) < 4.78 is 24.6. The fourth-order valence-corrected chi connectivity index (χ4v) is 4.35. The van der Waals surface area contributed by atoms with Gasteiger partial charge in [0.1, 0.15) is 0 Å². The molecule has 116 valence electrons. The standard InChI is InChI=1S/C13H19N3O3S2/c14-13(15-17)11-1-3-12(4-2-11)21(18,19)10-7-16-5-8-20-9-6-16/h1-4,17H,5-10H2,(H2,14,15). The zero-order chi connectivity index (χ0) is 15.3. The number of hydrogen-bond acceptors (Lipinski definition) is 6. The highest BCUT2D eigenvalue weighted by Gasteiger charge is 2.18. The van der Waals surface area contributed by atoms with Crippen LogP contribution in [0.4, 0.5) is 0 Å². The van der Waals surface area contributed by atoms with Crippen LogP contribution in [0.2, 0.25) is 0 Å². The van der Waals surface area contributed by atoms with Crippen molar-refractivity contribution in [3.8, 4) is 0 Å². The van der Waals surface area contributed by atoms with Crippen molar-refractivity contribution in [2.24, 2.45) is 10.9 Å². The molecule has 1 aromatic rings. The molecule has 3 N–H and O–H groups in total. The Kier molecular flexibility index (Phi) is 5.49. The van der Waals surface area contributed by atoms with Crippen molar-refractivity contribution in [3.63, 3.8) is 0 Å². The molecule has 1 aliphatic heterocycles. The van der Waals surface area contributed by atoms with E-state index in [0.717, 1.165) is 24.6 Å². The first-order chi connectivity index (χ1) is 10.0. The summed E-state index contributed by atoms with van der Waals surface area (Å²) in [7, 11) is -3.30. The minimum Gasteiger partial charge on any atom is -0.409 e. The molecule has 0 unspecified atom stereocenters. The summed E-state index contributed by atoms with van der Waals surface area (Å²) in [6, 6.07) is 6.07. The lowest BCUT2D eigenvalue weighted by Gasteiger charge is -2.25. The number of amidine groups is 1. The van der Waals surface area contributed by atoms with Gasteiger partial charge >= 0.3 is 0 Å². The van der Waals surface area contributed by atoms with E-state index >= 15 is 0 Å². The van der Waals surface area contributed by atoms with Crippen LogP contribution in [-0.4, -0.2) is 61.3 Å². The predicted octanol–water partition coefficient (Wildman–Crippen LogP) is 0.604. The molecule has 1 aliphatic rings. The Balaban J connectivity index is 2.01. The second kappa shape index (κ2) is 7.15. The van der Waals surface area contributed by atoms with E-state index in [4.69, 9.17) is 10.9 Å². The van der Waals surface area contributed by atoms with Crippen molar-refractivity contribution in [2.45, 2.75) is 4.90 Å². The third-order valence-electron chi connectivity index (χ3n) is 3.40. The van der Waals surface area contributed by atoms with Gasteiger partial charge in [-0.2, -0.15) is 11.8 Å². The van der Waals surface area contributed by atoms with Crippen molar-refractivity contribution in [1.82, 2.24) is 4.90 Å². The number of rotatable bonds is 5. The Morgan fingerprint density at radius 1 is 1.29 bits per heavy atom. The van der Waals surface area contributed by atoms with Crippen LogP contribution >= 0.6 is 11.8 Å². The summed E-state index contributed by atoms with van der Waals surface area (Å²) in [5.74, 6) is 2.20. The molecule has 0 aromatic heterocycles. The Labute approximate surface area is 128 Å². The fraction of sp³-hybridized carbons (Fsp3) is 0.462. The van der Waals surface area contributed by atoms with Crippen molar-refractivity contribution in [3.05, 3.63) is 29.8 Å². The third kappa shape index (κ3) is 4.36. The van der Waals surface area contributed by atoms with Crippen molar-refractivity contribution >= 4 is 27.4 Å². The molecule has 0 saturated carbocycles. The summed E-state index contributed by atoms with van der Waals surface area (Å²) in [6.07, 6.45) is 0. The van der Waals surface area contributed by atoms with Crippen molar-refractivity contribution < 1.29 is 13.6 Å². The molecule has 2 rings (SSSR count). The number of sulfone groups is 1. The second-order valence-corrected chi connectivity index (χ2v) is 8.12. The highest BCUT2D eigenvalue weighted by atomic mass is 32.2. The Morgan fingerprint density at radius 3 is 2.48 bits per heavy atom. The average molecular weight is 329 g/mol. The molecule has 1 heterocycles. The molecule has 0 amide bonds. The Morgan fingerprint density at radius 2 is 1.90 bits per heavy atom. The number of nitrogens with two attached hydrogens (primary N) is 1. The Hall–Kier alpha value is -1.25. The molecule has 0 spiro atoms. The van der Waals surface area contributed by atoms with Crippen molar-refractivity contribution in [1.29, 1.82) is 0 Å². The van der Waals surface area contributed by atoms with E-state index in [1.54, 1.807) is 12.1 Å². The average Bonchev–Trinajstić information content (AvgIpc) is 2.53. The molecular weight excluding hydrogens is 310 g/mol. The van der Waals surface area contributed by atoms with Crippen LogP contribution in [0.1, 0.15) is 5.56 Å². The maximum atomic E-state index is 12.3. The lowest BCUT2D eigenvalue weighted by Crippen LogP contribution is -2.36. The van der Waals surface area contributed by atoms with Crippen LogP contribution in [0, 0.1) is 0 Å². The number of benzene rings is 1. The third-order valence-corrected chi connectivity index (χ3v) is 6.05. The molecule has 1 saturated heterocycles. The maximum absolute atomic E-state index is 12.3. The van der Waals surface area contributed by atoms with Gasteiger partial charge in [0.15, 0.2) is 15.7 Å². The molecule has 0 bridgehead atoms. The van der Waals surface area contributed by atoms with E-state index < -0.39 is 9.84 Å². The minimum atomic E-state index is -3.30. The van der Waals surface area contributed by atoms with Crippen LogP contribution in [0.3, 0.4) is 0 Å².